The lowest BCUT2D eigenvalue weighted by molar-refractivity contribution is 0.0692. The number of likely N-dealkylation sites (N-methyl/N-ethyl adjacent to an activating group) is 1. The van der Waals surface area contributed by atoms with Gasteiger partial charge in [-0.15, -0.1) is 0 Å². The molecule has 1 atom stereocenters. The fraction of sp³-hybridized carbons (Fsp3) is 0.424. The van der Waals surface area contributed by atoms with Crippen LogP contribution in [0, 0.1) is 17.7 Å². The monoisotopic (exact) mass is 594 g/mol. The van der Waals surface area contributed by atoms with E-state index in [4.69, 9.17) is 4.74 Å². The molecular weight excluding hydrogens is 555 g/mol. The van der Waals surface area contributed by atoms with Gasteiger partial charge in [-0.1, -0.05) is 57.4 Å². The Morgan fingerprint density at radius 3 is 2.43 bits per heavy atom. The van der Waals surface area contributed by atoms with Crippen LogP contribution >= 0.6 is 0 Å². The third-order valence-corrected chi connectivity index (χ3v) is 10.5. The quantitative estimate of drug-likeness (QED) is 0.294. The molecule has 0 radical (unpaired) electrons. The van der Waals surface area contributed by atoms with Gasteiger partial charge in [0.15, 0.2) is 0 Å². The summed E-state index contributed by atoms with van der Waals surface area (Å²) < 4.78 is 51.0. The van der Waals surface area contributed by atoms with Gasteiger partial charge in [-0.3, -0.25) is 0 Å². The largest absolute Gasteiger partial charge is 0.493 e. The maximum absolute atomic E-state index is 14.4. The zero-order chi connectivity index (χ0) is 30.0. The first-order chi connectivity index (χ1) is 20.1. The Morgan fingerprint density at radius 1 is 1.05 bits per heavy atom. The molecule has 1 heterocycles. The molecule has 1 aliphatic carbocycles. The third-order valence-electron chi connectivity index (χ3n) is 8.57. The van der Waals surface area contributed by atoms with Gasteiger partial charge in [0.1, 0.15) is 16.5 Å². The molecule has 224 valence electrons. The van der Waals surface area contributed by atoms with Crippen LogP contribution in [0.5, 0.6) is 5.75 Å². The Bertz CT molecular complexity index is 1540. The van der Waals surface area contributed by atoms with Gasteiger partial charge in [0, 0.05) is 37.0 Å². The number of benzene rings is 3. The first-order valence-electron chi connectivity index (χ1n) is 14.7. The summed E-state index contributed by atoms with van der Waals surface area (Å²) >= 11 is 0. The van der Waals surface area contributed by atoms with E-state index in [1.54, 1.807) is 19.2 Å². The molecule has 3 aromatic carbocycles. The van der Waals surface area contributed by atoms with E-state index in [-0.39, 0.29) is 16.9 Å². The lowest BCUT2D eigenvalue weighted by Crippen LogP contribution is -2.46. The summed E-state index contributed by atoms with van der Waals surface area (Å²) in [6.07, 6.45) is 6.06. The number of halogens is 1. The maximum atomic E-state index is 14.4. The predicted molar refractivity (Wildman–Crippen MR) is 163 cm³/mol. The fourth-order valence-corrected chi connectivity index (χ4v) is 7.73. The minimum atomic E-state index is -3.97. The molecule has 0 saturated heterocycles. The lowest BCUT2D eigenvalue weighted by atomic mass is 9.83. The van der Waals surface area contributed by atoms with Crippen molar-refractivity contribution in [3.05, 3.63) is 72.0 Å². The first kappa shape index (κ1) is 30.0. The van der Waals surface area contributed by atoms with Crippen LogP contribution in [0.1, 0.15) is 62.7 Å². The highest BCUT2D eigenvalue weighted by Crippen LogP contribution is 2.45. The van der Waals surface area contributed by atoms with E-state index in [2.05, 4.69) is 18.7 Å². The Hall–Kier alpha value is -3.43. The predicted octanol–water partition coefficient (Wildman–Crippen LogP) is 7.34. The summed E-state index contributed by atoms with van der Waals surface area (Å²) in [4.78, 5) is 13.9. The maximum Gasteiger partial charge on any atom is 0.338 e. The molecule has 1 N–H and O–H groups in total. The van der Waals surface area contributed by atoms with Crippen LogP contribution in [0.3, 0.4) is 0 Å². The molecule has 5 rings (SSSR count). The van der Waals surface area contributed by atoms with Crippen molar-refractivity contribution < 1.29 is 27.4 Å². The van der Waals surface area contributed by atoms with Gasteiger partial charge in [-0.25, -0.2) is 17.6 Å². The molecule has 3 aromatic rings. The Labute approximate surface area is 248 Å². The van der Waals surface area contributed by atoms with E-state index in [0.717, 1.165) is 43.9 Å². The molecule has 1 saturated carbocycles. The number of carboxylic acids is 1. The fourth-order valence-electron chi connectivity index (χ4n) is 6.12. The van der Waals surface area contributed by atoms with Crippen molar-refractivity contribution in [3.8, 4) is 16.9 Å². The van der Waals surface area contributed by atoms with Gasteiger partial charge < -0.3 is 14.7 Å². The van der Waals surface area contributed by atoms with Gasteiger partial charge in [0.25, 0.3) is 0 Å². The minimum absolute atomic E-state index is 0.111. The van der Waals surface area contributed by atoms with Crippen LogP contribution in [0.4, 0.5) is 15.8 Å². The zero-order valence-corrected chi connectivity index (χ0v) is 25.2. The third kappa shape index (κ3) is 6.03. The van der Waals surface area contributed by atoms with Crippen molar-refractivity contribution in [2.24, 2.45) is 11.8 Å². The highest BCUT2D eigenvalue weighted by atomic mass is 32.2. The van der Waals surface area contributed by atoms with Crippen LogP contribution in [-0.4, -0.2) is 50.0 Å². The zero-order valence-electron chi connectivity index (χ0n) is 24.4. The Morgan fingerprint density at radius 2 is 1.76 bits per heavy atom. The number of hydrogen-bond acceptors (Lipinski definition) is 5. The summed E-state index contributed by atoms with van der Waals surface area (Å²) in [5.74, 6) is -1.22. The summed E-state index contributed by atoms with van der Waals surface area (Å²) in [6.45, 7) is 5.05. The molecule has 42 heavy (non-hydrogen) atoms. The second-order valence-corrected chi connectivity index (χ2v) is 13.7. The lowest BCUT2D eigenvalue weighted by Gasteiger charge is -2.36. The van der Waals surface area contributed by atoms with Gasteiger partial charge in [-0.05, 0) is 67.0 Å². The number of sulfonamides is 1. The molecule has 0 aromatic heterocycles. The van der Waals surface area contributed by atoms with E-state index in [9.17, 15) is 22.7 Å². The van der Waals surface area contributed by atoms with Crippen molar-refractivity contribution >= 4 is 27.4 Å². The van der Waals surface area contributed by atoms with Crippen molar-refractivity contribution in [1.29, 1.82) is 0 Å². The van der Waals surface area contributed by atoms with E-state index >= 15 is 0 Å². The standard InChI is InChI=1S/C33H39FN2O5S/c1-22(2)16-17-41-31-20-29-32(19-26(31)24-14-15-28(34)27(18-24)33(37)38)42(39,40)35(3)30(23-10-6-4-7-11-23)21-36(29)25-12-8-5-9-13-25/h5,8-9,12-15,18-20,22-23,30H,4,6-7,10-11,16-17,21H2,1-3H3,(H,37,38)/t30-/m0/s1. The molecule has 0 spiro atoms. The van der Waals surface area contributed by atoms with Crippen LogP contribution in [-0.2, 0) is 10.0 Å². The average Bonchev–Trinajstić information content (AvgIpc) is 3.05. The number of carboxylic acid groups (broad SMARTS) is 1. The molecular formula is C33H39FN2O5S. The second-order valence-electron chi connectivity index (χ2n) is 11.8. The molecule has 0 amide bonds. The summed E-state index contributed by atoms with van der Waals surface area (Å²) in [7, 11) is -2.30. The molecule has 2 aliphatic rings. The summed E-state index contributed by atoms with van der Waals surface area (Å²) in [5, 5.41) is 9.59. The number of nitrogens with zero attached hydrogens (tertiary/aromatic N) is 2. The normalized spacial score (nSPS) is 19.4. The van der Waals surface area contributed by atoms with Crippen molar-refractivity contribution in [2.75, 3.05) is 25.1 Å². The molecule has 0 bridgehead atoms. The van der Waals surface area contributed by atoms with Crippen molar-refractivity contribution in [1.82, 2.24) is 4.31 Å². The van der Waals surface area contributed by atoms with E-state index < -0.39 is 27.4 Å². The van der Waals surface area contributed by atoms with E-state index in [1.165, 1.54) is 22.9 Å². The summed E-state index contributed by atoms with van der Waals surface area (Å²) in [5.41, 5.74) is 1.67. The number of ether oxygens (including phenoxy) is 1. The number of carbonyl (C=O) groups is 1. The van der Waals surface area contributed by atoms with Gasteiger partial charge in [-0.2, -0.15) is 4.31 Å². The molecule has 1 fully saturated rings. The second kappa shape index (κ2) is 12.4. The number of rotatable bonds is 8. The van der Waals surface area contributed by atoms with Gasteiger partial charge >= 0.3 is 5.97 Å². The summed E-state index contributed by atoms with van der Waals surface area (Å²) in [6, 6.07) is 16.7. The van der Waals surface area contributed by atoms with E-state index in [1.807, 2.05) is 30.3 Å². The molecule has 1 aliphatic heterocycles. The molecule has 7 nitrogen and oxygen atoms in total. The highest BCUT2D eigenvalue weighted by molar-refractivity contribution is 7.89. The van der Waals surface area contributed by atoms with Crippen molar-refractivity contribution in [2.45, 2.75) is 63.3 Å². The number of hydrogen-bond donors (Lipinski definition) is 1. The molecule has 0 unspecified atom stereocenters. The number of aromatic carboxylic acids is 1. The minimum Gasteiger partial charge on any atom is -0.493 e. The average molecular weight is 595 g/mol. The topological polar surface area (TPSA) is 87.1 Å². The SMILES string of the molecule is CC(C)CCOc1cc2c(cc1-c1ccc(F)c(C(=O)O)c1)S(=O)(=O)N(C)[C@H](C1CCCCC1)CN2c1ccccc1. The van der Waals surface area contributed by atoms with Crippen molar-refractivity contribution in [3.63, 3.8) is 0 Å². The molecule has 9 heteroatoms. The van der Waals surface area contributed by atoms with Gasteiger partial charge in [0.05, 0.1) is 17.9 Å². The number of fused-ring (bicyclic) bond motifs is 1. The van der Waals surface area contributed by atoms with Crippen LogP contribution in [0.15, 0.2) is 65.6 Å². The first-order valence-corrected chi connectivity index (χ1v) is 16.2. The smallest absolute Gasteiger partial charge is 0.338 e. The van der Waals surface area contributed by atoms with Crippen LogP contribution in [0.2, 0.25) is 0 Å². The highest BCUT2D eigenvalue weighted by Gasteiger charge is 2.41. The van der Waals surface area contributed by atoms with Gasteiger partial charge in [0.2, 0.25) is 10.0 Å². The number of anilines is 2. The van der Waals surface area contributed by atoms with E-state index in [0.29, 0.717) is 41.6 Å². The number of para-hydroxylation sites is 1. The Balaban J connectivity index is 1.73. The van der Waals surface area contributed by atoms with Crippen LogP contribution in [0.25, 0.3) is 11.1 Å². The van der Waals surface area contributed by atoms with Crippen LogP contribution < -0.4 is 9.64 Å². The Kier molecular flexibility index (Phi) is 8.89.